The van der Waals surface area contributed by atoms with Gasteiger partial charge in [0, 0.05) is 12.3 Å². The first-order valence-electron chi connectivity index (χ1n) is 2.95. The molecule has 4 heteroatoms. The predicted molar refractivity (Wildman–Crippen MR) is 41.0 cm³/mol. The highest BCUT2D eigenvalue weighted by molar-refractivity contribution is 7.08. The third kappa shape index (κ3) is 1.94. The van der Waals surface area contributed by atoms with E-state index in [-0.39, 0.29) is 5.97 Å². The van der Waals surface area contributed by atoms with Gasteiger partial charge in [-0.25, -0.2) is 0 Å². The normalized spacial score (nSPS) is 9.27. The topological polar surface area (TPSA) is 35.5 Å². The molecular weight excluding hydrogens is 164 g/mol. The van der Waals surface area contributed by atoms with Gasteiger partial charge in [0.1, 0.15) is 0 Å². The molecule has 0 aliphatic heterocycles. The Kier molecular flexibility index (Phi) is 2.48. The lowest BCUT2D eigenvalue weighted by atomic mass is 10.5. The Morgan fingerprint density at radius 3 is 3.00 bits per heavy atom. The minimum atomic E-state index is -0.352. The van der Waals surface area contributed by atoms with Crippen LogP contribution in [0, 0.1) is 5.38 Å². The molecule has 0 aliphatic rings. The molecule has 1 aromatic rings. The lowest BCUT2D eigenvalue weighted by molar-refractivity contribution is -0.131. The van der Waals surface area contributed by atoms with Gasteiger partial charge in [0.15, 0.2) is 11.5 Å². The number of esters is 1. The summed E-state index contributed by atoms with van der Waals surface area (Å²) in [5.74, 6) is 0.560. The van der Waals surface area contributed by atoms with Crippen LogP contribution in [0.3, 0.4) is 0 Å². The van der Waals surface area contributed by atoms with Gasteiger partial charge in [-0.1, -0.05) is 0 Å². The number of hydrogen-bond acceptors (Lipinski definition) is 4. The second kappa shape index (κ2) is 3.39. The SMILES string of the molecule is COc1[c]scc1OC(C)=O. The quantitative estimate of drug-likeness (QED) is 0.632. The van der Waals surface area contributed by atoms with Gasteiger partial charge in [-0.15, -0.1) is 11.3 Å². The molecule has 0 amide bonds. The number of thiophene rings is 1. The predicted octanol–water partition coefficient (Wildman–Crippen LogP) is 1.48. The van der Waals surface area contributed by atoms with Gasteiger partial charge in [-0.2, -0.15) is 0 Å². The Balaban J connectivity index is 2.76. The monoisotopic (exact) mass is 171 g/mol. The van der Waals surface area contributed by atoms with Crippen LogP contribution in [-0.4, -0.2) is 13.1 Å². The zero-order chi connectivity index (χ0) is 8.27. The van der Waals surface area contributed by atoms with Gasteiger partial charge >= 0.3 is 5.97 Å². The summed E-state index contributed by atoms with van der Waals surface area (Å²) in [5.41, 5.74) is 0. The second-order valence-electron chi connectivity index (χ2n) is 1.83. The zero-order valence-electron chi connectivity index (χ0n) is 6.21. The van der Waals surface area contributed by atoms with Gasteiger partial charge in [0.25, 0.3) is 0 Å². The average molecular weight is 171 g/mol. The molecule has 3 nitrogen and oxygen atoms in total. The fraction of sp³-hybridized carbons (Fsp3) is 0.286. The molecule has 0 saturated heterocycles. The molecular formula is C7H7O3S. The van der Waals surface area contributed by atoms with E-state index >= 15 is 0 Å². The van der Waals surface area contributed by atoms with Crippen LogP contribution >= 0.6 is 11.3 Å². The Bertz CT molecular complexity index is 254. The number of carbonyl (C=O) groups is 1. The lowest BCUT2D eigenvalue weighted by Gasteiger charge is -1.99. The largest absolute Gasteiger partial charge is 0.491 e. The van der Waals surface area contributed by atoms with E-state index in [0.717, 1.165) is 0 Å². The van der Waals surface area contributed by atoms with Crippen molar-refractivity contribution in [3.8, 4) is 11.5 Å². The van der Waals surface area contributed by atoms with Crippen LogP contribution in [0.1, 0.15) is 6.92 Å². The molecule has 0 saturated carbocycles. The highest BCUT2D eigenvalue weighted by Gasteiger charge is 2.06. The minimum absolute atomic E-state index is 0.352. The first-order chi connectivity index (χ1) is 5.24. The summed E-state index contributed by atoms with van der Waals surface area (Å²) in [7, 11) is 1.51. The van der Waals surface area contributed by atoms with E-state index in [2.05, 4.69) is 5.38 Å². The van der Waals surface area contributed by atoms with Crippen LogP contribution < -0.4 is 9.47 Å². The fourth-order valence-corrected chi connectivity index (χ4v) is 1.22. The highest BCUT2D eigenvalue weighted by atomic mass is 32.1. The molecule has 11 heavy (non-hydrogen) atoms. The second-order valence-corrected chi connectivity index (χ2v) is 2.50. The van der Waals surface area contributed by atoms with Crippen molar-refractivity contribution in [3.63, 3.8) is 0 Å². The number of ether oxygens (including phenoxy) is 2. The van der Waals surface area contributed by atoms with Crippen LogP contribution in [0.15, 0.2) is 5.38 Å². The van der Waals surface area contributed by atoms with Crippen molar-refractivity contribution in [1.29, 1.82) is 0 Å². The number of hydrogen-bond donors (Lipinski definition) is 0. The number of rotatable bonds is 2. The third-order valence-corrected chi connectivity index (χ3v) is 1.63. The van der Waals surface area contributed by atoms with Crippen molar-refractivity contribution in [1.82, 2.24) is 0 Å². The van der Waals surface area contributed by atoms with E-state index in [4.69, 9.17) is 9.47 Å². The van der Waals surface area contributed by atoms with Crippen LogP contribution in [0.25, 0.3) is 0 Å². The summed E-state index contributed by atoms with van der Waals surface area (Å²) in [5, 5.41) is 4.47. The number of carbonyl (C=O) groups excluding carboxylic acids is 1. The smallest absolute Gasteiger partial charge is 0.308 e. The van der Waals surface area contributed by atoms with Gasteiger partial charge in [-0.05, 0) is 0 Å². The van der Waals surface area contributed by atoms with Crippen molar-refractivity contribution in [2.75, 3.05) is 7.11 Å². The molecule has 1 heterocycles. The van der Waals surface area contributed by atoms with Crippen molar-refractivity contribution in [2.24, 2.45) is 0 Å². The minimum Gasteiger partial charge on any atom is -0.491 e. The van der Waals surface area contributed by atoms with Crippen LogP contribution in [-0.2, 0) is 4.79 Å². The van der Waals surface area contributed by atoms with E-state index < -0.39 is 0 Å². The molecule has 0 N–H and O–H groups in total. The molecule has 0 atom stereocenters. The Morgan fingerprint density at radius 2 is 2.45 bits per heavy atom. The maximum Gasteiger partial charge on any atom is 0.308 e. The van der Waals surface area contributed by atoms with Crippen LogP contribution in [0.5, 0.6) is 11.5 Å². The van der Waals surface area contributed by atoms with Gasteiger partial charge in [0.05, 0.1) is 12.5 Å². The van der Waals surface area contributed by atoms with Crippen molar-refractivity contribution < 1.29 is 14.3 Å². The summed E-state index contributed by atoms with van der Waals surface area (Å²) >= 11 is 1.31. The maximum atomic E-state index is 10.5. The molecule has 1 radical (unpaired) electrons. The summed E-state index contributed by atoms with van der Waals surface area (Å²) < 4.78 is 9.66. The molecule has 1 rings (SSSR count). The summed E-state index contributed by atoms with van der Waals surface area (Å²) in [4.78, 5) is 10.5. The highest BCUT2D eigenvalue weighted by Crippen LogP contribution is 2.30. The Morgan fingerprint density at radius 1 is 1.73 bits per heavy atom. The van der Waals surface area contributed by atoms with Crippen molar-refractivity contribution >= 4 is 17.3 Å². The van der Waals surface area contributed by atoms with Gasteiger partial charge in [-0.3, -0.25) is 4.79 Å². The third-order valence-electron chi connectivity index (χ3n) is 0.999. The molecule has 0 unspecified atom stereocenters. The molecule has 0 bridgehead atoms. The number of methoxy groups -OCH3 is 1. The zero-order valence-corrected chi connectivity index (χ0v) is 7.03. The van der Waals surface area contributed by atoms with Crippen molar-refractivity contribution in [2.45, 2.75) is 6.92 Å². The Labute approximate surface area is 68.6 Å². The Hall–Kier alpha value is -1.03. The summed E-state index contributed by atoms with van der Waals surface area (Å²) in [6.07, 6.45) is 0. The van der Waals surface area contributed by atoms with E-state index in [1.807, 2.05) is 0 Å². The van der Waals surface area contributed by atoms with Crippen LogP contribution in [0.2, 0.25) is 0 Å². The molecule has 0 fully saturated rings. The summed E-state index contributed by atoms with van der Waals surface area (Å²) in [6, 6.07) is 0. The first-order valence-corrected chi connectivity index (χ1v) is 3.83. The standard InChI is InChI=1S/C7H7O3S/c1-5(8)10-7-4-11-3-6(7)9-2/h4H,1-2H3. The van der Waals surface area contributed by atoms with Crippen LogP contribution in [0.4, 0.5) is 0 Å². The average Bonchev–Trinajstić information content (AvgIpc) is 2.34. The van der Waals surface area contributed by atoms with Gasteiger partial charge < -0.3 is 9.47 Å². The van der Waals surface area contributed by atoms with E-state index in [0.29, 0.717) is 11.5 Å². The van der Waals surface area contributed by atoms with E-state index in [1.54, 1.807) is 5.38 Å². The summed E-state index contributed by atoms with van der Waals surface area (Å²) in [6.45, 7) is 1.34. The maximum absolute atomic E-state index is 10.5. The fourth-order valence-electron chi connectivity index (χ4n) is 0.608. The molecule has 59 valence electrons. The van der Waals surface area contributed by atoms with Crippen molar-refractivity contribution in [3.05, 3.63) is 10.8 Å². The molecule has 0 spiro atoms. The first kappa shape index (κ1) is 8.07. The van der Waals surface area contributed by atoms with E-state index in [9.17, 15) is 4.79 Å². The molecule has 1 aromatic heterocycles. The molecule has 0 aliphatic carbocycles. The lowest BCUT2D eigenvalue weighted by Crippen LogP contribution is -2.01. The van der Waals surface area contributed by atoms with E-state index in [1.165, 1.54) is 25.4 Å². The van der Waals surface area contributed by atoms with Gasteiger partial charge in [0.2, 0.25) is 0 Å². The molecule has 0 aromatic carbocycles.